The Bertz CT molecular complexity index is 627. The van der Waals surface area contributed by atoms with Gasteiger partial charge in [0.1, 0.15) is 0 Å². The highest BCUT2D eigenvalue weighted by atomic mass is 16.5. The van der Waals surface area contributed by atoms with Crippen LogP contribution in [0.3, 0.4) is 0 Å². The van der Waals surface area contributed by atoms with Crippen LogP contribution >= 0.6 is 0 Å². The van der Waals surface area contributed by atoms with Crippen molar-refractivity contribution in [2.24, 2.45) is 0 Å². The Labute approximate surface area is 113 Å². The van der Waals surface area contributed by atoms with E-state index in [1.807, 2.05) is 0 Å². The number of nitrogens with zero attached hydrogens (tertiary/aromatic N) is 1. The first-order valence-corrected chi connectivity index (χ1v) is 7.24. The van der Waals surface area contributed by atoms with Crippen molar-refractivity contribution in [1.29, 1.82) is 0 Å². The fourth-order valence-electron chi connectivity index (χ4n) is 3.82. The van der Waals surface area contributed by atoms with Gasteiger partial charge in [-0.3, -0.25) is 0 Å². The highest BCUT2D eigenvalue weighted by Gasteiger charge is 2.29. The van der Waals surface area contributed by atoms with Crippen LogP contribution in [0.25, 0.3) is 10.9 Å². The molecule has 0 bridgehead atoms. The third-order valence-electron chi connectivity index (χ3n) is 4.56. The molecule has 1 aliphatic heterocycles. The summed E-state index contributed by atoms with van der Waals surface area (Å²) in [6.45, 7) is 2.91. The van der Waals surface area contributed by atoms with Gasteiger partial charge in [0.2, 0.25) is 0 Å². The van der Waals surface area contributed by atoms with E-state index in [-0.39, 0.29) is 0 Å². The van der Waals surface area contributed by atoms with Gasteiger partial charge in [-0.05, 0) is 42.5 Å². The number of rotatable bonds is 2. The second kappa shape index (κ2) is 4.36. The molecule has 0 unspecified atom stereocenters. The van der Waals surface area contributed by atoms with Crippen LogP contribution < -0.4 is 5.32 Å². The normalized spacial score (nSPS) is 21.6. The van der Waals surface area contributed by atoms with Gasteiger partial charge in [-0.15, -0.1) is 0 Å². The topological polar surface area (TPSA) is 26.2 Å². The largest absolute Gasteiger partial charge is 0.380 e. The lowest BCUT2D eigenvalue weighted by molar-refractivity contribution is 0.185. The average molecular weight is 256 g/mol. The lowest BCUT2D eigenvalue weighted by atomic mass is 9.90. The molecular formula is C16H20N2O. The summed E-state index contributed by atoms with van der Waals surface area (Å²) < 4.78 is 7.81. The van der Waals surface area contributed by atoms with Gasteiger partial charge in [-0.25, -0.2) is 0 Å². The minimum atomic E-state index is 0.579. The average Bonchev–Trinajstić information content (AvgIpc) is 2.77. The fraction of sp³-hybridized carbons (Fsp3) is 0.500. The van der Waals surface area contributed by atoms with E-state index in [2.05, 4.69) is 28.1 Å². The molecule has 0 spiro atoms. The van der Waals surface area contributed by atoms with Crippen LogP contribution in [0, 0.1) is 0 Å². The van der Waals surface area contributed by atoms with E-state index in [1.54, 1.807) is 18.4 Å². The summed E-state index contributed by atoms with van der Waals surface area (Å²) in [6.07, 6.45) is 3.82. The molecule has 3 heteroatoms. The van der Waals surface area contributed by atoms with Gasteiger partial charge >= 0.3 is 0 Å². The number of hydrogen-bond donors (Lipinski definition) is 1. The molecule has 1 aromatic heterocycles. The molecule has 0 saturated carbocycles. The predicted molar refractivity (Wildman–Crippen MR) is 76.3 cm³/mol. The van der Waals surface area contributed by atoms with Gasteiger partial charge in [-0.1, -0.05) is 6.07 Å². The van der Waals surface area contributed by atoms with Crippen LogP contribution in [-0.2, 0) is 24.3 Å². The third-order valence-corrected chi connectivity index (χ3v) is 4.56. The third kappa shape index (κ3) is 1.65. The Morgan fingerprint density at radius 2 is 2.37 bits per heavy atom. The first kappa shape index (κ1) is 11.5. The van der Waals surface area contributed by atoms with E-state index in [0.29, 0.717) is 12.6 Å². The molecule has 2 heterocycles. The van der Waals surface area contributed by atoms with E-state index < -0.39 is 0 Å². The molecular weight excluding hydrogens is 236 g/mol. The van der Waals surface area contributed by atoms with Crippen molar-refractivity contribution >= 4 is 10.9 Å². The van der Waals surface area contributed by atoms with Crippen molar-refractivity contribution < 1.29 is 4.74 Å². The molecule has 0 amide bonds. The number of ether oxygens (including phenoxy) is 1. The summed E-state index contributed by atoms with van der Waals surface area (Å²) in [5, 5.41) is 5.13. The molecule has 1 aliphatic carbocycles. The Morgan fingerprint density at radius 1 is 1.42 bits per heavy atom. The second-order valence-electron chi connectivity index (χ2n) is 5.70. The molecule has 1 aromatic carbocycles. The van der Waals surface area contributed by atoms with Gasteiger partial charge in [0.15, 0.2) is 0 Å². The van der Waals surface area contributed by atoms with E-state index in [9.17, 15) is 0 Å². The maximum atomic E-state index is 5.27. The zero-order valence-electron chi connectivity index (χ0n) is 11.4. The molecule has 0 saturated heterocycles. The van der Waals surface area contributed by atoms with Crippen LogP contribution in [0.1, 0.15) is 35.7 Å². The summed E-state index contributed by atoms with van der Waals surface area (Å²) >= 11 is 0. The summed E-state index contributed by atoms with van der Waals surface area (Å²) in [5.74, 6) is 0. The standard InChI is InChI=1S/C16H20N2O/c1-19-10-11-5-6-15-13(9-11)12-3-2-4-14-16(12)18(15)8-7-17-14/h5-6,9,14,17H,2-4,7-8,10H2,1H3/t14-/m0/s1. The van der Waals surface area contributed by atoms with Crippen molar-refractivity contribution in [1.82, 2.24) is 9.88 Å². The Morgan fingerprint density at radius 3 is 3.26 bits per heavy atom. The molecule has 2 aromatic rings. The first-order valence-electron chi connectivity index (χ1n) is 7.24. The maximum absolute atomic E-state index is 5.27. The second-order valence-corrected chi connectivity index (χ2v) is 5.70. The van der Waals surface area contributed by atoms with E-state index in [4.69, 9.17) is 4.74 Å². The molecule has 19 heavy (non-hydrogen) atoms. The lowest BCUT2D eigenvalue weighted by Gasteiger charge is -2.31. The quantitative estimate of drug-likeness (QED) is 0.894. The molecule has 100 valence electrons. The zero-order chi connectivity index (χ0) is 12.8. The highest BCUT2D eigenvalue weighted by Crippen LogP contribution is 2.39. The number of fused-ring (bicyclic) bond motifs is 3. The van der Waals surface area contributed by atoms with Gasteiger partial charge < -0.3 is 14.6 Å². The SMILES string of the molecule is COCc1ccc2c(c1)c1c3n2CCN[C@H]3CCC1. The number of hydrogen-bond acceptors (Lipinski definition) is 2. The van der Waals surface area contributed by atoms with Crippen LogP contribution in [0.2, 0.25) is 0 Å². The van der Waals surface area contributed by atoms with Crippen molar-refractivity contribution in [3.05, 3.63) is 35.0 Å². The number of benzene rings is 1. The van der Waals surface area contributed by atoms with Crippen molar-refractivity contribution in [3.8, 4) is 0 Å². The minimum Gasteiger partial charge on any atom is -0.380 e. The van der Waals surface area contributed by atoms with Crippen LogP contribution in [0.5, 0.6) is 0 Å². The molecule has 3 nitrogen and oxygen atoms in total. The summed E-state index contributed by atoms with van der Waals surface area (Å²) in [5.41, 5.74) is 5.83. The first-order chi connectivity index (χ1) is 9.38. The minimum absolute atomic E-state index is 0.579. The van der Waals surface area contributed by atoms with Gasteiger partial charge in [0, 0.05) is 42.8 Å². The number of methoxy groups -OCH3 is 1. The van der Waals surface area contributed by atoms with E-state index >= 15 is 0 Å². The molecule has 1 atom stereocenters. The van der Waals surface area contributed by atoms with Gasteiger partial charge in [0.25, 0.3) is 0 Å². The highest BCUT2D eigenvalue weighted by molar-refractivity contribution is 5.87. The van der Waals surface area contributed by atoms with Crippen molar-refractivity contribution in [3.63, 3.8) is 0 Å². The lowest BCUT2D eigenvalue weighted by Crippen LogP contribution is -2.35. The maximum Gasteiger partial charge on any atom is 0.0713 e. The van der Waals surface area contributed by atoms with Crippen molar-refractivity contribution in [2.75, 3.05) is 13.7 Å². The summed E-state index contributed by atoms with van der Waals surface area (Å²) in [7, 11) is 1.76. The molecule has 0 fully saturated rings. The predicted octanol–water partition coefficient (Wildman–Crippen LogP) is 2.77. The van der Waals surface area contributed by atoms with E-state index in [1.165, 1.54) is 35.7 Å². The van der Waals surface area contributed by atoms with Crippen molar-refractivity contribution in [2.45, 2.75) is 38.5 Å². The van der Waals surface area contributed by atoms with Crippen LogP contribution in [0.15, 0.2) is 18.2 Å². The van der Waals surface area contributed by atoms with Crippen LogP contribution in [-0.4, -0.2) is 18.2 Å². The molecule has 1 N–H and O–H groups in total. The Kier molecular flexibility index (Phi) is 2.64. The fourth-order valence-corrected chi connectivity index (χ4v) is 3.82. The number of aryl methyl sites for hydroxylation is 1. The smallest absolute Gasteiger partial charge is 0.0713 e. The summed E-state index contributed by atoms with van der Waals surface area (Å²) in [6, 6.07) is 7.40. The number of aromatic nitrogens is 1. The molecule has 2 aliphatic rings. The Balaban J connectivity index is 1.96. The Hall–Kier alpha value is -1.32. The number of nitrogens with one attached hydrogen (secondary N) is 1. The molecule has 0 radical (unpaired) electrons. The zero-order valence-corrected chi connectivity index (χ0v) is 11.4. The van der Waals surface area contributed by atoms with E-state index in [0.717, 1.165) is 13.1 Å². The monoisotopic (exact) mass is 256 g/mol. The van der Waals surface area contributed by atoms with Gasteiger partial charge in [-0.2, -0.15) is 0 Å². The summed E-state index contributed by atoms with van der Waals surface area (Å²) in [4.78, 5) is 0. The molecule has 4 rings (SSSR count). The van der Waals surface area contributed by atoms with Crippen LogP contribution in [0.4, 0.5) is 0 Å². The van der Waals surface area contributed by atoms with Gasteiger partial charge in [0.05, 0.1) is 6.61 Å².